The molecule has 1 fully saturated rings. The molecule has 0 spiro atoms. The minimum atomic E-state index is -3.70. The van der Waals surface area contributed by atoms with E-state index in [2.05, 4.69) is 10.2 Å². The van der Waals surface area contributed by atoms with E-state index in [4.69, 9.17) is 11.6 Å². The second-order valence-electron chi connectivity index (χ2n) is 6.67. The van der Waals surface area contributed by atoms with Gasteiger partial charge in [0, 0.05) is 18.6 Å². The third-order valence-electron chi connectivity index (χ3n) is 4.56. The summed E-state index contributed by atoms with van der Waals surface area (Å²) in [5, 5.41) is 3.28. The Kier molecular flexibility index (Phi) is 8.34. The molecule has 6 nitrogen and oxygen atoms in total. The average molecular weight is 402 g/mol. The molecular weight excluding hydrogens is 374 g/mol. The van der Waals surface area contributed by atoms with Gasteiger partial charge >= 0.3 is 0 Å². The number of amides is 1. The molecule has 146 valence electrons. The fourth-order valence-electron chi connectivity index (χ4n) is 3.02. The monoisotopic (exact) mass is 401 g/mol. The molecule has 1 amide bonds. The average Bonchev–Trinajstić information content (AvgIpc) is 2.88. The van der Waals surface area contributed by atoms with Crippen molar-refractivity contribution in [1.82, 2.24) is 14.5 Å². The molecule has 0 bridgehead atoms. The van der Waals surface area contributed by atoms with Crippen molar-refractivity contribution in [3.8, 4) is 0 Å². The summed E-state index contributed by atoms with van der Waals surface area (Å²) in [6.45, 7) is 3.60. The van der Waals surface area contributed by atoms with Crippen LogP contribution < -0.4 is 5.32 Å². The summed E-state index contributed by atoms with van der Waals surface area (Å²) in [5.41, 5.74) is 0. The Bertz CT molecular complexity index is 671. The molecule has 0 saturated carbocycles. The minimum Gasteiger partial charge on any atom is -0.355 e. The molecule has 2 rings (SSSR count). The van der Waals surface area contributed by atoms with E-state index in [1.54, 1.807) is 0 Å². The molecule has 0 radical (unpaired) electrons. The first-order chi connectivity index (χ1) is 12.4. The lowest BCUT2D eigenvalue weighted by Crippen LogP contribution is -2.39. The maximum Gasteiger partial charge on any atom is 0.243 e. The fraction of sp³-hybridized carbons (Fsp3) is 0.611. The topological polar surface area (TPSA) is 69.7 Å². The quantitative estimate of drug-likeness (QED) is 0.679. The standard InChI is InChI=1S/C18H28ClN3O3S/c1-21(26(24,25)17-9-7-16(19)8-10-17)15-18(23)20-11-6-14-22-12-4-2-3-5-13-22/h7-10H,2-6,11-15H2,1H3,(H,20,23). The maximum atomic E-state index is 12.4. The van der Waals surface area contributed by atoms with Gasteiger partial charge in [0.05, 0.1) is 11.4 Å². The second kappa shape index (κ2) is 10.3. The van der Waals surface area contributed by atoms with Crippen LogP contribution in [0.25, 0.3) is 0 Å². The van der Waals surface area contributed by atoms with E-state index in [9.17, 15) is 13.2 Å². The third kappa shape index (κ3) is 6.54. The first kappa shape index (κ1) is 21.2. The smallest absolute Gasteiger partial charge is 0.243 e. The van der Waals surface area contributed by atoms with E-state index >= 15 is 0 Å². The summed E-state index contributed by atoms with van der Waals surface area (Å²) < 4.78 is 25.9. The van der Waals surface area contributed by atoms with Gasteiger partial charge in [-0.1, -0.05) is 24.4 Å². The van der Waals surface area contributed by atoms with Crippen LogP contribution in [0.15, 0.2) is 29.2 Å². The predicted molar refractivity (Wildman–Crippen MR) is 104 cm³/mol. The number of halogens is 1. The molecule has 1 aromatic carbocycles. The van der Waals surface area contributed by atoms with Crippen molar-refractivity contribution in [3.63, 3.8) is 0 Å². The summed E-state index contributed by atoms with van der Waals surface area (Å²) in [6.07, 6.45) is 5.99. The number of carbonyl (C=O) groups is 1. The second-order valence-corrected chi connectivity index (χ2v) is 9.16. The zero-order valence-corrected chi connectivity index (χ0v) is 16.9. The van der Waals surface area contributed by atoms with E-state index in [0.717, 1.165) is 30.4 Å². The molecule has 0 aromatic heterocycles. The zero-order chi connectivity index (χ0) is 19.0. The van der Waals surface area contributed by atoms with Crippen molar-refractivity contribution in [2.45, 2.75) is 37.0 Å². The summed E-state index contributed by atoms with van der Waals surface area (Å²) in [6, 6.07) is 5.91. The van der Waals surface area contributed by atoms with Crippen LogP contribution in [0.1, 0.15) is 32.1 Å². The Morgan fingerprint density at radius 2 is 1.77 bits per heavy atom. The summed E-state index contributed by atoms with van der Waals surface area (Å²) >= 11 is 5.79. The van der Waals surface area contributed by atoms with Crippen LogP contribution >= 0.6 is 11.6 Å². The van der Waals surface area contributed by atoms with Gasteiger partial charge in [-0.3, -0.25) is 4.79 Å². The minimum absolute atomic E-state index is 0.123. The number of nitrogens with zero attached hydrogens (tertiary/aromatic N) is 2. The molecule has 1 aliphatic rings. The van der Waals surface area contributed by atoms with E-state index in [0.29, 0.717) is 11.6 Å². The van der Waals surface area contributed by atoms with Gasteiger partial charge < -0.3 is 10.2 Å². The van der Waals surface area contributed by atoms with Crippen molar-refractivity contribution >= 4 is 27.5 Å². The van der Waals surface area contributed by atoms with Crippen LogP contribution in [0.5, 0.6) is 0 Å². The number of benzene rings is 1. The summed E-state index contributed by atoms with van der Waals surface area (Å²) in [5.74, 6) is -0.291. The van der Waals surface area contributed by atoms with Gasteiger partial charge in [0.1, 0.15) is 0 Å². The van der Waals surface area contributed by atoms with Crippen molar-refractivity contribution in [1.29, 1.82) is 0 Å². The molecule has 1 saturated heterocycles. The Hall–Kier alpha value is -1.15. The van der Waals surface area contributed by atoms with Gasteiger partial charge in [-0.2, -0.15) is 4.31 Å². The molecule has 26 heavy (non-hydrogen) atoms. The highest BCUT2D eigenvalue weighted by atomic mass is 35.5. The largest absolute Gasteiger partial charge is 0.355 e. The van der Waals surface area contributed by atoms with E-state index in [-0.39, 0.29) is 17.3 Å². The van der Waals surface area contributed by atoms with Gasteiger partial charge in [-0.15, -0.1) is 0 Å². The molecule has 1 aromatic rings. The van der Waals surface area contributed by atoms with E-state index < -0.39 is 10.0 Å². The summed E-state index contributed by atoms with van der Waals surface area (Å²) in [7, 11) is -2.29. The van der Waals surface area contributed by atoms with Crippen LogP contribution in [0.2, 0.25) is 5.02 Å². The van der Waals surface area contributed by atoms with Crippen LogP contribution in [-0.4, -0.2) is 63.3 Å². The number of rotatable bonds is 8. The van der Waals surface area contributed by atoms with Gasteiger partial charge in [0.2, 0.25) is 15.9 Å². The van der Waals surface area contributed by atoms with Crippen molar-refractivity contribution in [2.75, 3.05) is 39.8 Å². The lowest BCUT2D eigenvalue weighted by Gasteiger charge is -2.20. The third-order valence-corrected chi connectivity index (χ3v) is 6.63. The number of likely N-dealkylation sites (tertiary alicyclic amines) is 1. The van der Waals surface area contributed by atoms with Crippen molar-refractivity contribution < 1.29 is 13.2 Å². The molecule has 0 atom stereocenters. The lowest BCUT2D eigenvalue weighted by atomic mass is 10.2. The molecular formula is C18H28ClN3O3S. The number of hydrogen-bond donors (Lipinski definition) is 1. The van der Waals surface area contributed by atoms with Gasteiger partial charge in [-0.25, -0.2) is 8.42 Å². The van der Waals surface area contributed by atoms with Crippen LogP contribution in [-0.2, 0) is 14.8 Å². The zero-order valence-electron chi connectivity index (χ0n) is 15.3. The molecule has 0 aliphatic carbocycles. The number of nitrogens with one attached hydrogen (secondary N) is 1. The van der Waals surface area contributed by atoms with E-state index in [1.807, 2.05) is 0 Å². The number of sulfonamides is 1. The van der Waals surface area contributed by atoms with Crippen LogP contribution in [0.4, 0.5) is 0 Å². The van der Waals surface area contributed by atoms with Crippen LogP contribution in [0, 0.1) is 0 Å². The Balaban J connectivity index is 1.73. The van der Waals surface area contributed by atoms with Gasteiger partial charge in [-0.05, 0) is 63.2 Å². The molecule has 0 unspecified atom stereocenters. The summed E-state index contributed by atoms with van der Waals surface area (Å²) in [4.78, 5) is 14.6. The number of carbonyl (C=O) groups excluding carboxylic acids is 1. The van der Waals surface area contributed by atoms with Crippen molar-refractivity contribution in [3.05, 3.63) is 29.3 Å². The highest BCUT2D eigenvalue weighted by Crippen LogP contribution is 2.17. The molecule has 1 N–H and O–H groups in total. The molecule has 1 aliphatic heterocycles. The van der Waals surface area contributed by atoms with Crippen LogP contribution in [0.3, 0.4) is 0 Å². The number of hydrogen-bond acceptors (Lipinski definition) is 4. The van der Waals surface area contributed by atoms with Gasteiger partial charge in [0.25, 0.3) is 0 Å². The highest BCUT2D eigenvalue weighted by Gasteiger charge is 2.22. The van der Waals surface area contributed by atoms with Gasteiger partial charge in [0.15, 0.2) is 0 Å². The Labute approximate surface area is 161 Å². The fourth-order valence-corrected chi connectivity index (χ4v) is 4.27. The molecule has 8 heteroatoms. The highest BCUT2D eigenvalue weighted by molar-refractivity contribution is 7.89. The predicted octanol–water partition coefficient (Wildman–Crippen LogP) is 2.34. The number of likely N-dealkylation sites (N-methyl/N-ethyl adjacent to an activating group) is 1. The SMILES string of the molecule is CN(CC(=O)NCCCN1CCCCCC1)S(=O)(=O)c1ccc(Cl)cc1. The van der Waals surface area contributed by atoms with Crippen molar-refractivity contribution in [2.24, 2.45) is 0 Å². The molecule has 1 heterocycles. The Morgan fingerprint density at radius 1 is 1.15 bits per heavy atom. The van der Waals surface area contributed by atoms with E-state index in [1.165, 1.54) is 57.0 Å². The first-order valence-electron chi connectivity index (χ1n) is 9.10. The maximum absolute atomic E-state index is 12.4. The normalized spacial score (nSPS) is 16.4. The Morgan fingerprint density at radius 3 is 2.38 bits per heavy atom. The lowest BCUT2D eigenvalue weighted by molar-refractivity contribution is -0.121. The first-order valence-corrected chi connectivity index (χ1v) is 10.9.